The Hall–Kier alpha value is -1.82. The summed E-state index contributed by atoms with van der Waals surface area (Å²) in [7, 11) is 0. The Kier molecular flexibility index (Phi) is 4.44. The second-order valence-electron chi connectivity index (χ2n) is 4.49. The van der Waals surface area contributed by atoms with Gasteiger partial charge in [0.05, 0.1) is 16.7 Å². The van der Waals surface area contributed by atoms with Crippen LogP contribution in [0.15, 0.2) is 28.7 Å². The Bertz CT molecular complexity index is 619. The molecule has 0 fully saturated rings. The van der Waals surface area contributed by atoms with Gasteiger partial charge in [0.2, 0.25) is 0 Å². The molecule has 20 heavy (non-hydrogen) atoms. The minimum Gasteiger partial charge on any atom is -0.492 e. The van der Waals surface area contributed by atoms with Gasteiger partial charge in [-0.2, -0.15) is 5.10 Å². The van der Waals surface area contributed by atoms with E-state index in [9.17, 15) is 0 Å². The molecule has 1 heterocycles. The third-order valence-corrected chi connectivity index (χ3v) is 4.18. The van der Waals surface area contributed by atoms with Crippen molar-refractivity contribution < 1.29 is 4.74 Å². The largest absolute Gasteiger partial charge is 0.492 e. The van der Waals surface area contributed by atoms with Crippen LogP contribution in [0.2, 0.25) is 0 Å². The molecule has 0 radical (unpaired) electrons. The van der Waals surface area contributed by atoms with E-state index < -0.39 is 0 Å². The van der Waals surface area contributed by atoms with Crippen LogP contribution in [0, 0.1) is 19.3 Å². The van der Waals surface area contributed by atoms with E-state index in [1.54, 1.807) is 12.1 Å². The molecule has 2 rings (SSSR count). The molecule has 0 spiro atoms. The second-order valence-corrected chi connectivity index (χ2v) is 5.29. The van der Waals surface area contributed by atoms with E-state index in [1.807, 2.05) is 30.7 Å². The molecule has 0 bridgehead atoms. The molecule has 0 saturated heterocycles. The summed E-state index contributed by atoms with van der Waals surface area (Å²) >= 11 is 3.50. The van der Waals surface area contributed by atoms with Gasteiger partial charge in [0.1, 0.15) is 18.2 Å². The lowest BCUT2D eigenvalue weighted by atomic mass is 10.2. The first-order valence-corrected chi connectivity index (χ1v) is 7.05. The molecule has 0 saturated carbocycles. The summed E-state index contributed by atoms with van der Waals surface area (Å²) in [6.45, 7) is 5.21. The van der Waals surface area contributed by atoms with Crippen LogP contribution in [0.5, 0.6) is 5.75 Å². The Morgan fingerprint density at radius 3 is 2.50 bits per heavy atom. The third kappa shape index (κ3) is 3.19. The first kappa shape index (κ1) is 14.6. The monoisotopic (exact) mass is 336 g/mol. The molecule has 0 aliphatic heterocycles. The van der Waals surface area contributed by atoms with Crippen LogP contribution in [0.25, 0.3) is 0 Å². The van der Waals surface area contributed by atoms with Gasteiger partial charge < -0.3 is 10.5 Å². The molecule has 0 aliphatic rings. The fraction of sp³-hybridized carbons (Fsp3) is 0.286. The molecular weight excluding hydrogens is 320 g/mol. The van der Waals surface area contributed by atoms with E-state index in [2.05, 4.69) is 21.0 Å². The molecule has 1 aromatic heterocycles. The molecule has 0 aliphatic carbocycles. The molecule has 1 aromatic carbocycles. The predicted molar refractivity (Wildman–Crippen MR) is 82.4 cm³/mol. The molecule has 0 unspecified atom stereocenters. The molecule has 2 aromatic rings. The fourth-order valence-corrected chi connectivity index (χ4v) is 2.16. The number of benzene rings is 1. The van der Waals surface area contributed by atoms with Crippen LogP contribution < -0.4 is 10.5 Å². The topological polar surface area (TPSA) is 76.9 Å². The molecule has 3 N–H and O–H groups in total. The standard InChI is InChI=1S/C14H17BrN4O/c1-9-13(15)10(2)19(18-9)7-8-20-12-5-3-11(4-6-12)14(16)17/h3-6H,7-8H2,1-2H3,(H3,16,17). The zero-order chi connectivity index (χ0) is 14.7. The van der Waals surface area contributed by atoms with Crippen LogP contribution in [0.1, 0.15) is 17.0 Å². The fourth-order valence-electron chi connectivity index (χ4n) is 1.87. The number of nitrogens with one attached hydrogen (secondary N) is 1. The average Bonchev–Trinajstić information content (AvgIpc) is 2.67. The summed E-state index contributed by atoms with van der Waals surface area (Å²) in [4.78, 5) is 0. The lowest BCUT2D eigenvalue weighted by molar-refractivity contribution is 0.289. The van der Waals surface area contributed by atoms with Crippen molar-refractivity contribution in [3.8, 4) is 5.75 Å². The summed E-state index contributed by atoms with van der Waals surface area (Å²) in [6.07, 6.45) is 0. The van der Waals surface area contributed by atoms with Gasteiger partial charge in [-0.1, -0.05) is 0 Å². The summed E-state index contributed by atoms with van der Waals surface area (Å²) < 4.78 is 8.63. The minimum atomic E-state index is 0.0593. The first-order valence-electron chi connectivity index (χ1n) is 6.26. The Morgan fingerprint density at radius 2 is 2.00 bits per heavy atom. The maximum atomic E-state index is 7.32. The number of nitrogens with two attached hydrogens (primary N) is 1. The van der Waals surface area contributed by atoms with Crippen molar-refractivity contribution in [2.45, 2.75) is 20.4 Å². The molecule has 0 amide bonds. The maximum Gasteiger partial charge on any atom is 0.122 e. The van der Waals surface area contributed by atoms with Gasteiger partial charge >= 0.3 is 0 Å². The van der Waals surface area contributed by atoms with Gasteiger partial charge in [-0.05, 0) is 54.0 Å². The normalized spacial score (nSPS) is 10.6. The smallest absolute Gasteiger partial charge is 0.122 e. The zero-order valence-corrected chi connectivity index (χ0v) is 13.1. The Labute approximate surface area is 126 Å². The van der Waals surface area contributed by atoms with E-state index >= 15 is 0 Å². The molecular formula is C14H17BrN4O. The van der Waals surface area contributed by atoms with Crippen molar-refractivity contribution >= 4 is 21.8 Å². The number of halogens is 1. The zero-order valence-electron chi connectivity index (χ0n) is 11.5. The van der Waals surface area contributed by atoms with Gasteiger partial charge in [-0.15, -0.1) is 0 Å². The van der Waals surface area contributed by atoms with Gasteiger partial charge in [-0.3, -0.25) is 10.1 Å². The van der Waals surface area contributed by atoms with Crippen LogP contribution in [-0.2, 0) is 6.54 Å². The Balaban J connectivity index is 1.92. The molecule has 6 heteroatoms. The quantitative estimate of drug-likeness (QED) is 0.650. The van der Waals surface area contributed by atoms with E-state index in [4.69, 9.17) is 15.9 Å². The van der Waals surface area contributed by atoms with Crippen molar-refractivity contribution in [2.75, 3.05) is 6.61 Å². The average molecular weight is 337 g/mol. The van der Waals surface area contributed by atoms with Crippen molar-refractivity contribution in [3.63, 3.8) is 0 Å². The van der Waals surface area contributed by atoms with E-state index in [0.717, 1.165) is 21.6 Å². The van der Waals surface area contributed by atoms with Crippen LogP contribution in [0.4, 0.5) is 0 Å². The highest BCUT2D eigenvalue weighted by molar-refractivity contribution is 9.10. The van der Waals surface area contributed by atoms with Crippen molar-refractivity contribution in [1.29, 1.82) is 5.41 Å². The van der Waals surface area contributed by atoms with E-state index in [1.165, 1.54) is 0 Å². The maximum absolute atomic E-state index is 7.32. The van der Waals surface area contributed by atoms with Gasteiger partial charge in [0.15, 0.2) is 0 Å². The first-order chi connectivity index (χ1) is 9.49. The Morgan fingerprint density at radius 1 is 1.35 bits per heavy atom. The van der Waals surface area contributed by atoms with Crippen LogP contribution in [0.3, 0.4) is 0 Å². The van der Waals surface area contributed by atoms with Crippen molar-refractivity contribution in [2.24, 2.45) is 5.73 Å². The number of aromatic nitrogens is 2. The predicted octanol–water partition coefficient (Wildman–Crippen LogP) is 2.63. The SMILES string of the molecule is Cc1nn(CCOc2ccc(C(=N)N)cc2)c(C)c1Br. The van der Waals surface area contributed by atoms with Crippen LogP contribution in [-0.4, -0.2) is 22.2 Å². The summed E-state index contributed by atoms with van der Waals surface area (Å²) in [5, 5.41) is 11.7. The number of amidine groups is 1. The molecule has 0 atom stereocenters. The second kappa shape index (κ2) is 6.09. The van der Waals surface area contributed by atoms with E-state index in [0.29, 0.717) is 18.7 Å². The summed E-state index contributed by atoms with van der Waals surface area (Å²) in [6, 6.07) is 7.18. The molecule has 106 valence electrons. The number of nitrogens with zero attached hydrogens (tertiary/aromatic N) is 2. The van der Waals surface area contributed by atoms with Gasteiger partial charge in [-0.25, -0.2) is 0 Å². The number of ether oxygens (including phenoxy) is 1. The van der Waals surface area contributed by atoms with E-state index in [-0.39, 0.29) is 5.84 Å². The number of hydrogen-bond acceptors (Lipinski definition) is 3. The summed E-state index contributed by atoms with van der Waals surface area (Å²) in [5.74, 6) is 0.819. The molecule has 5 nitrogen and oxygen atoms in total. The number of rotatable bonds is 5. The minimum absolute atomic E-state index is 0.0593. The highest BCUT2D eigenvalue weighted by Crippen LogP contribution is 2.19. The number of hydrogen-bond donors (Lipinski definition) is 2. The lowest BCUT2D eigenvalue weighted by Crippen LogP contribution is -2.12. The lowest BCUT2D eigenvalue weighted by Gasteiger charge is -2.08. The van der Waals surface area contributed by atoms with Crippen molar-refractivity contribution in [3.05, 3.63) is 45.7 Å². The summed E-state index contributed by atoms with van der Waals surface area (Å²) in [5.41, 5.74) is 8.17. The van der Waals surface area contributed by atoms with Crippen LogP contribution >= 0.6 is 15.9 Å². The van der Waals surface area contributed by atoms with Gasteiger partial charge in [0, 0.05) is 11.3 Å². The number of nitrogen functional groups attached to an aromatic ring is 1. The highest BCUT2D eigenvalue weighted by atomic mass is 79.9. The van der Waals surface area contributed by atoms with Gasteiger partial charge in [0.25, 0.3) is 0 Å². The third-order valence-electron chi connectivity index (χ3n) is 3.03. The highest BCUT2D eigenvalue weighted by Gasteiger charge is 2.08. The number of aryl methyl sites for hydroxylation is 1. The van der Waals surface area contributed by atoms with Crippen molar-refractivity contribution in [1.82, 2.24) is 9.78 Å².